The lowest BCUT2D eigenvalue weighted by Crippen LogP contribution is -2.19. The molecule has 0 fully saturated rings. The number of esters is 1. The second-order valence-corrected chi connectivity index (χ2v) is 3.90. The van der Waals surface area contributed by atoms with E-state index in [1.54, 1.807) is 12.1 Å². The van der Waals surface area contributed by atoms with E-state index in [0.717, 1.165) is 6.42 Å². The van der Waals surface area contributed by atoms with Gasteiger partial charge in [-0.15, -0.1) is 0 Å². The number of hydrogen-bond acceptors (Lipinski definition) is 4. The third-order valence-corrected chi connectivity index (χ3v) is 2.45. The molecule has 0 bridgehead atoms. The van der Waals surface area contributed by atoms with Gasteiger partial charge in [-0.05, 0) is 18.6 Å². The predicted octanol–water partition coefficient (Wildman–Crippen LogP) is 1.73. The lowest BCUT2D eigenvalue weighted by Gasteiger charge is -2.10. The normalized spacial score (nSPS) is 14.6. The first kappa shape index (κ1) is 12.3. The third kappa shape index (κ3) is 2.56. The molecule has 94 valence electrons. The van der Waals surface area contributed by atoms with E-state index in [0.29, 0.717) is 12.3 Å². The molecule has 0 spiro atoms. The Balaban J connectivity index is 2.12. The van der Waals surface area contributed by atoms with Gasteiger partial charge in [0.25, 0.3) is 5.91 Å². The maximum atomic E-state index is 11.8. The molecule has 1 aromatic carbocycles. The molecule has 0 atom stereocenters. The van der Waals surface area contributed by atoms with Crippen molar-refractivity contribution in [1.82, 2.24) is 0 Å². The molecule has 18 heavy (non-hydrogen) atoms. The Hall–Kier alpha value is -2.17. The van der Waals surface area contributed by atoms with Gasteiger partial charge in [0.15, 0.2) is 5.71 Å². The van der Waals surface area contributed by atoms with Gasteiger partial charge in [0.1, 0.15) is 0 Å². The van der Waals surface area contributed by atoms with E-state index < -0.39 is 5.97 Å². The minimum Gasteiger partial charge on any atom is -0.461 e. The van der Waals surface area contributed by atoms with Gasteiger partial charge in [0.05, 0.1) is 18.7 Å². The van der Waals surface area contributed by atoms with Crippen molar-refractivity contribution >= 4 is 23.3 Å². The standard InChI is InChI=1S/C13H14N2O3/c1-2-8-18-13(17)11-9-12(16)15(14-11)10-6-4-3-5-7-10/h3-7H,2,8-9H2,1H3. The summed E-state index contributed by atoms with van der Waals surface area (Å²) in [6, 6.07) is 9.00. The van der Waals surface area contributed by atoms with Crippen LogP contribution >= 0.6 is 0 Å². The molecule has 0 unspecified atom stereocenters. The number of hydrogen-bond donors (Lipinski definition) is 0. The number of benzene rings is 1. The summed E-state index contributed by atoms with van der Waals surface area (Å²) < 4.78 is 4.96. The summed E-state index contributed by atoms with van der Waals surface area (Å²) in [5.41, 5.74) is 0.818. The van der Waals surface area contributed by atoms with E-state index in [-0.39, 0.29) is 18.0 Å². The van der Waals surface area contributed by atoms with Crippen molar-refractivity contribution in [3.63, 3.8) is 0 Å². The van der Waals surface area contributed by atoms with Gasteiger partial charge >= 0.3 is 5.97 Å². The number of para-hydroxylation sites is 1. The maximum Gasteiger partial charge on any atom is 0.355 e. The van der Waals surface area contributed by atoms with E-state index in [9.17, 15) is 9.59 Å². The quantitative estimate of drug-likeness (QED) is 0.760. The van der Waals surface area contributed by atoms with Gasteiger partial charge < -0.3 is 4.74 Å². The van der Waals surface area contributed by atoms with Crippen molar-refractivity contribution in [2.24, 2.45) is 5.10 Å². The van der Waals surface area contributed by atoms with Crippen LogP contribution in [0, 0.1) is 0 Å². The van der Waals surface area contributed by atoms with Crippen LogP contribution in [0.3, 0.4) is 0 Å². The van der Waals surface area contributed by atoms with Gasteiger partial charge in [-0.1, -0.05) is 25.1 Å². The van der Waals surface area contributed by atoms with Crippen molar-refractivity contribution in [3.05, 3.63) is 30.3 Å². The van der Waals surface area contributed by atoms with E-state index in [4.69, 9.17) is 4.74 Å². The van der Waals surface area contributed by atoms with E-state index >= 15 is 0 Å². The first-order valence-electron chi connectivity index (χ1n) is 5.85. The van der Waals surface area contributed by atoms with Crippen LogP contribution in [-0.2, 0) is 14.3 Å². The molecule has 1 aromatic rings. The van der Waals surface area contributed by atoms with Crippen molar-refractivity contribution < 1.29 is 14.3 Å². The molecule has 0 aromatic heterocycles. The fourth-order valence-corrected chi connectivity index (χ4v) is 1.59. The maximum absolute atomic E-state index is 11.8. The molecule has 0 radical (unpaired) electrons. The highest BCUT2D eigenvalue weighted by Gasteiger charge is 2.30. The van der Waals surface area contributed by atoms with Gasteiger partial charge in [-0.25, -0.2) is 4.79 Å². The summed E-state index contributed by atoms with van der Waals surface area (Å²) in [6.45, 7) is 2.25. The molecule has 1 amide bonds. The second-order valence-electron chi connectivity index (χ2n) is 3.90. The molecule has 5 nitrogen and oxygen atoms in total. The number of hydrazone groups is 1. The number of anilines is 1. The van der Waals surface area contributed by atoms with Crippen molar-refractivity contribution in [2.75, 3.05) is 11.6 Å². The van der Waals surface area contributed by atoms with Crippen molar-refractivity contribution in [2.45, 2.75) is 19.8 Å². The highest BCUT2D eigenvalue weighted by molar-refractivity contribution is 6.42. The molecule has 1 heterocycles. The van der Waals surface area contributed by atoms with Crippen LogP contribution in [0.15, 0.2) is 35.4 Å². The van der Waals surface area contributed by atoms with Gasteiger partial charge in [-0.2, -0.15) is 10.1 Å². The first-order valence-corrected chi connectivity index (χ1v) is 5.85. The minimum atomic E-state index is -0.511. The van der Waals surface area contributed by atoms with E-state index in [1.165, 1.54) is 5.01 Å². The lowest BCUT2D eigenvalue weighted by atomic mass is 10.2. The summed E-state index contributed by atoms with van der Waals surface area (Å²) in [7, 11) is 0. The Kier molecular flexibility index (Phi) is 3.72. The number of nitrogens with zero attached hydrogens (tertiary/aromatic N) is 2. The monoisotopic (exact) mass is 246 g/mol. The SMILES string of the molecule is CCCOC(=O)C1=NN(c2ccccc2)C(=O)C1. The number of carbonyl (C=O) groups excluding carboxylic acids is 2. The Morgan fingerprint density at radius 1 is 1.39 bits per heavy atom. The topological polar surface area (TPSA) is 59.0 Å². The van der Waals surface area contributed by atoms with Crippen LogP contribution in [-0.4, -0.2) is 24.2 Å². The van der Waals surface area contributed by atoms with Crippen LogP contribution in [0.25, 0.3) is 0 Å². The van der Waals surface area contributed by atoms with E-state index in [2.05, 4.69) is 5.10 Å². The van der Waals surface area contributed by atoms with Crippen LogP contribution in [0.5, 0.6) is 0 Å². The Morgan fingerprint density at radius 3 is 2.78 bits per heavy atom. The van der Waals surface area contributed by atoms with Crippen molar-refractivity contribution in [1.29, 1.82) is 0 Å². The molecule has 0 saturated carbocycles. The zero-order valence-electron chi connectivity index (χ0n) is 10.1. The van der Waals surface area contributed by atoms with Gasteiger partial charge in [0.2, 0.25) is 0 Å². The van der Waals surface area contributed by atoms with Crippen LogP contribution in [0.1, 0.15) is 19.8 Å². The summed E-state index contributed by atoms with van der Waals surface area (Å²) >= 11 is 0. The lowest BCUT2D eigenvalue weighted by molar-refractivity contribution is -0.135. The van der Waals surface area contributed by atoms with Crippen LogP contribution in [0.4, 0.5) is 5.69 Å². The largest absolute Gasteiger partial charge is 0.461 e. The predicted molar refractivity (Wildman–Crippen MR) is 67.2 cm³/mol. The van der Waals surface area contributed by atoms with Crippen LogP contribution in [0.2, 0.25) is 0 Å². The van der Waals surface area contributed by atoms with Gasteiger partial charge in [0, 0.05) is 0 Å². The third-order valence-electron chi connectivity index (χ3n) is 2.45. The zero-order valence-corrected chi connectivity index (χ0v) is 10.1. The molecule has 0 saturated heterocycles. The molecule has 0 N–H and O–H groups in total. The fourth-order valence-electron chi connectivity index (χ4n) is 1.59. The van der Waals surface area contributed by atoms with Gasteiger partial charge in [-0.3, -0.25) is 4.79 Å². The van der Waals surface area contributed by atoms with Crippen molar-refractivity contribution in [3.8, 4) is 0 Å². The second kappa shape index (κ2) is 5.44. The summed E-state index contributed by atoms with van der Waals surface area (Å²) in [5.74, 6) is -0.728. The first-order chi connectivity index (χ1) is 8.72. The number of carbonyl (C=O) groups is 2. The average Bonchev–Trinajstić information content (AvgIpc) is 2.79. The summed E-state index contributed by atoms with van der Waals surface area (Å²) in [5, 5.41) is 5.26. The number of rotatable bonds is 4. The fraction of sp³-hybridized carbons (Fsp3) is 0.308. The Bertz CT molecular complexity index is 482. The molecule has 1 aliphatic rings. The molecule has 5 heteroatoms. The van der Waals surface area contributed by atoms with E-state index in [1.807, 2.05) is 25.1 Å². The zero-order chi connectivity index (χ0) is 13.0. The smallest absolute Gasteiger partial charge is 0.355 e. The Morgan fingerprint density at radius 2 is 2.11 bits per heavy atom. The number of ether oxygens (including phenoxy) is 1. The molecule has 0 aliphatic carbocycles. The summed E-state index contributed by atoms with van der Waals surface area (Å²) in [4.78, 5) is 23.4. The molecular formula is C13H14N2O3. The summed E-state index contributed by atoms with van der Waals surface area (Å²) in [6.07, 6.45) is 0.743. The highest BCUT2D eigenvalue weighted by Crippen LogP contribution is 2.20. The average molecular weight is 246 g/mol. The molecular weight excluding hydrogens is 232 g/mol. The minimum absolute atomic E-state index is 0.00254. The highest BCUT2D eigenvalue weighted by atomic mass is 16.5. The molecule has 2 rings (SSSR count). The van der Waals surface area contributed by atoms with Crippen LogP contribution < -0.4 is 5.01 Å². The number of amides is 1. The Labute approximate surface area is 105 Å². The molecule has 1 aliphatic heterocycles.